The van der Waals surface area contributed by atoms with Crippen LogP contribution in [0.25, 0.3) is 0 Å². The topological polar surface area (TPSA) is 41.1 Å². The van der Waals surface area contributed by atoms with E-state index in [2.05, 4.69) is 35.8 Å². The molecule has 0 bridgehead atoms. The Balaban J connectivity index is 2.58. The summed E-state index contributed by atoms with van der Waals surface area (Å²) in [6, 6.07) is 8.55. The van der Waals surface area contributed by atoms with Crippen molar-refractivity contribution < 1.29 is 4.79 Å². The molecule has 2 atom stereocenters. The van der Waals surface area contributed by atoms with E-state index in [1.54, 1.807) is 11.8 Å². The van der Waals surface area contributed by atoms with Crippen LogP contribution in [0.1, 0.15) is 32.8 Å². The molecule has 2 N–H and O–H groups in total. The number of carbonyl (C=O) groups excluding carboxylic acids is 1. The highest BCUT2D eigenvalue weighted by Gasteiger charge is 2.15. The van der Waals surface area contributed by atoms with Crippen molar-refractivity contribution in [1.29, 1.82) is 0 Å². The fourth-order valence-electron chi connectivity index (χ4n) is 1.65. The van der Waals surface area contributed by atoms with Gasteiger partial charge in [-0.25, -0.2) is 0 Å². The van der Waals surface area contributed by atoms with Crippen molar-refractivity contribution in [3.8, 4) is 0 Å². The molecule has 2 unspecified atom stereocenters. The van der Waals surface area contributed by atoms with E-state index in [4.69, 9.17) is 0 Å². The molecule has 0 aromatic heterocycles. The minimum Gasteiger partial charge on any atom is -0.353 e. The quantitative estimate of drug-likeness (QED) is 0.755. The number of rotatable bonds is 7. The van der Waals surface area contributed by atoms with Crippen LogP contribution in [0, 0.1) is 0 Å². The van der Waals surface area contributed by atoms with Gasteiger partial charge in [0.25, 0.3) is 0 Å². The fourth-order valence-corrected chi connectivity index (χ4v) is 2.61. The Morgan fingerprint density at radius 2 is 2.11 bits per heavy atom. The highest BCUT2D eigenvalue weighted by molar-refractivity contribution is 8.00. The number of benzene rings is 1. The van der Waals surface area contributed by atoms with Crippen molar-refractivity contribution in [2.45, 2.75) is 49.9 Å². The van der Waals surface area contributed by atoms with Crippen molar-refractivity contribution in [3.63, 3.8) is 0 Å². The van der Waals surface area contributed by atoms with E-state index in [9.17, 15) is 4.79 Å². The monoisotopic (exact) mass is 280 g/mol. The van der Waals surface area contributed by atoms with Crippen molar-refractivity contribution in [2.75, 3.05) is 7.05 Å². The maximum atomic E-state index is 12.0. The van der Waals surface area contributed by atoms with Gasteiger partial charge in [-0.05, 0) is 45.0 Å². The first kappa shape index (κ1) is 16.1. The van der Waals surface area contributed by atoms with Gasteiger partial charge in [-0.3, -0.25) is 4.79 Å². The third-order valence-corrected chi connectivity index (χ3v) is 4.06. The Bertz CT molecular complexity index is 409. The molecule has 0 saturated carbocycles. The largest absolute Gasteiger partial charge is 0.353 e. The lowest BCUT2D eigenvalue weighted by Crippen LogP contribution is -2.37. The van der Waals surface area contributed by atoms with Crippen LogP contribution >= 0.6 is 11.8 Å². The maximum Gasteiger partial charge on any atom is 0.233 e. The van der Waals surface area contributed by atoms with E-state index in [-0.39, 0.29) is 17.2 Å². The second-order valence-corrected chi connectivity index (χ2v) is 6.17. The Kier molecular flexibility index (Phi) is 6.95. The minimum atomic E-state index is -0.0705. The predicted octanol–water partition coefficient (Wildman–Crippen LogP) is 2.80. The van der Waals surface area contributed by atoms with Gasteiger partial charge in [0.2, 0.25) is 5.91 Å². The second-order valence-electron chi connectivity index (χ2n) is 4.76. The van der Waals surface area contributed by atoms with Crippen LogP contribution in [0.15, 0.2) is 29.2 Å². The summed E-state index contributed by atoms with van der Waals surface area (Å²) in [6.07, 6.45) is 0.959. The lowest BCUT2D eigenvalue weighted by molar-refractivity contribution is -0.120. The first-order valence-electron chi connectivity index (χ1n) is 6.77. The van der Waals surface area contributed by atoms with Crippen LogP contribution in [0.2, 0.25) is 0 Å². The normalized spacial score (nSPS) is 13.9. The van der Waals surface area contributed by atoms with Crippen LogP contribution in [-0.4, -0.2) is 24.2 Å². The highest BCUT2D eigenvalue weighted by atomic mass is 32.2. The van der Waals surface area contributed by atoms with Gasteiger partial charge in [0.1, 0.15) is 0 Å². The predicted molar refractivity (Wildman–Crippen MR) is 82.4 cm³/mol. The van der Waals surface area contributed by atoms with Crippen LogP contribution in [0.4, 0.5) is 0 Å². The lowest BCUT2D eigenvalue weighted by atomic mass is 10.2. The zero-order chi connectivity index (χ0) is 14.3. The lowest BCUT2D eigenvalue weighted by Gasteiger charge is -2.16. The van der Waals surface area contributed by atoms with Crippen LogP contribution in [0.5, 0.6) is 0 Å². The summed E-state index contributed by atoms with van der Waals surface area (Å²) >= 11 is 1.60. The van der Waals surface area contributed by atoms with E-state index in [0.717, 1.165) is 17.9 Å². The molecule has 1 aromatic rings. The van der Waals surface area contributed by atoms with Gasteiger partial charge < -0.3 is 10.6 Å². The molecule has 4 heteroatoms. The number of nitrogens with one attached hydrogen (secondary N) is 2. The van der Waals surface area contributed by atoms with Crippen molar-refractivity contribution >= 4 is 17.7 Å². The van der Waals surface area contributed by atoms with Gasteiger partial charge in [-0.2, -0.15) is 0 Å². The van der Waals surface area contributed by atoms with Gasteiger partial charge in [-0.1, -0.05) is 19.1 Å². The smallest absolute Gasteiger partial charge is 0.233 e. The summed E-state index contributed by atoms with van der Waals surface area (Å²) in [7, 11) is 1.93. The summed E-state index contributed by atoms with van der Waals surface area (Å²) in [5, 5.41) is 6.08. The Labute approximate surface area is 120 Å². The molecule has 0 aliphatic rings. The zero-order valence-corrected chi connectivity index (χ0v) is 13.0. The number of hydrogen-bond donors (Lipinski definition) is 2. The van der Waals surface area contributed by atoms with Crippen LogP contribution in [0.3, 0.4) is 0 Å². The summed E-state index contributed by atoms with van der Waals surface area (Å²) < 4.78 is 0. The standard InChI is InChI=1S/C15H24N2OS/c1-5-11(2)17-15(18)12(3)19-14-8-6-7-13(9-14)10-16-4/h6-9,11-12,16H,5,10H2,1-4H3,(H,17,18). The van der Waals surface area contributed by atoms with E-state index in [1.807, 2.05) is 27.0 Å². The summed E-state index contributed by atoms with van der Waals surface area (Å²) in [6.45, 7) is 6.90. The third-order valence-electron chi connectivity index (χ3n) is 2.96. The number of hydrogen-bond acceptors (Lipinski definition) is 3. The summed E-state index contributed by atoms with van der Waals surface area (Å²) in [5.74, 6) is 0.110. The molecule has 0 radical (unpaired) electrons. The molecule has 1 rings (SSSR count). The van der Waals surface area contributed by atoms with E-state index < -0.39 is 0 Å². The van der Waals surface area contributed by atoms with Gasteiger partial charge in [-0.15, -0.1) is 11.8 Å². The molecule has 0 aliphatic heterocycles. The number of thioether (sulfide) groups is 1. The summed E-state index contributed by atoms with van der Waals surface area (Å²) in [5.41, 5.74) is 1.24. The van der Waals surface area contributed by atoms with E-state index in [0.29, 0.717) is 0 Å². The first-order valence-corrected chi connectivity index (χ1v) is 7.65. The van der Waals surface area contributed by atoms with Gasteiger partial charge in [0.15, 0.2) is 0 Å². The Morgan fingerprint density at radius 3 is 2.74 bits per heavy atom. The first-order chi connectivity index (χ1) is 9.06. The summed E-state index contributed by atoms with van der Waals surface area (Å²) in [4.78, 5) is 13.1. The van der Waals surface area contributed by atoms with Crippen molar-refractivity contribution in [1.82, 2.24) is 10.6 Å². The molecular formula is C15H24N2OS. The average Bonchev–Trinajstić information content (AvgIpc) is 2.39. The highest BCUT2D eigenvalue weighted by Crippen LogP contribution is 2.24. The molecule has 0 saturated heterocycles. The molecule has 0 aliphatic carbocycles. The second kappa shape index (κ2) is 8.23. The molecule has 1 amide bonds. The fraction of sp³-hybridized carbons (Fsp3) is 0.533. The van der Waals surface area contributed by atoms with E-state index in [1.165, 1.54) is 5.56 Å². The Hall–Kier alpha value is -1.00. The van der Waals surface area contributed by atoms with Crippen LogP contribution in [-0.2, 0) is 11.3 Å². The molecule has 106 valence electrons. The maximum absolute atomic E-state index is 12.0. The molecule has 0 fully saturated rings. The molecule has 0 spiro atoms. The number of amides is 1. The van der Waals surface area contributed by atoms with Gasteiger partial charge in [0.05, 0.1) is 5.25 Å². The zero-order valence-electron chi connectivity index (χ0n) is 12.2. The van der Waals surface area contributed by atoms with Crippen molar-refractivity contribution in [3.05, 3.63) is 29.8 Å². The number of carbonyl (C=O) groups is 1. The van der Waals surface area contributed by atoms with Gasteiger partial charge in [0, 0.05) is 17.5 Å². The average molecular weight is 280 g/mol. The molecule has 19 heavy (non-hydrogen) atoms. The van der Waals surface area contributed by atoms with Gasteiger partial charge >= 0.3 is 0 Å². The molecule has 0 heterocycles. The SMILES string of the molecule is CCC(C)NC(=O)C(C)Sc1cccc(CNC)c1. The molecular weight excluding hydrogens is 256 g/mol. The molecule has 3 nitrogen and oxygen atoms in total. The Morgan fingerprint density at radius 1 is 1.37 bits per heavy atom. The third kappa shape index (κ3) is 5.66. The molecule has 1 aromatic carbocycles. The minimum absolute atomic E-state index is 0.0705. The van der Waals surface area contributed by atoms with Crippen LogP contribution < -0.4 is 10.6 Å². The van der Waals surface area contributed by atoms with Crippen molar-refractivity contribution in [2.24, 2.45) is 0 Å². The van der Waals surface area contributed by atoms with E-state index >= 15 is 0 Å².